The second kappa shape index (κ2) is 7.43. The molecule has 0 spiro atoms. The van der Waals surface area contributed by atoms with Gasteiger partial charge in [0.15, 0.2) is 0 Å². The summed E-state index contributed by atoms with van der Waals surface area (Å²) in [5.41, 5.74) is 6.40. The summed E-state index contributed by atoms with van der Waals surface area (Å²) in [7, 11) is 0. The monoisotopic (exact) mass is 414 g/mol. The van der Waals surface area contributed by atoms with Crippen LogP contribution in [0.25, 0.3) is 11.3 Å². The van der Waals surface area contributed by atoms with Crippen LogP contribution in [-0.2, 0) is 6.54 Å². The van der Waals surface area contributed by atoms with Crippen molar-refractivity contribution < 1.29 is 4.79 Å². The van der Waals surface area contributed by atoms with E-state index in [2.05, 4.69) is 46.4 Å². The number of hydrogen-bond acceptors (Lipinski definition) is 3. The number of H-pyrrole nitrogens is 1. The van der Waals surface area contributed by atoms with Crippen LogP contribution in [-0.4, -0.2) is 26.0 Å². The van der Waals surface area contributed by atoms with Gasteiger partial charge in [0.05, 0.1) is 11.7 Å². The maximum Gasteiger partial charge on any atom is 0.273 e. The SMILES string of the molecule is Cc1ccc(C2c3c(-c4ccc(Cl)cc4)n[nH]c3C(=O)N2Cc2ccncc2)cc1. The molecule has 1 aliphatic heterocycles. The van der Waals surface area contributed by atoms with Gasteiger partial charge in [-0.3, -0.25) is 14.9 Å². The number of pyridine rings is 1. The van der Waals surface area contributed by atoms with E-state index in [1.54, 1.807) is 12.4 Å². The van der Waals surface area contributed by atoms with Crippen LogP contribution in [0, 0.1) is 6.92 Å². The predicted octanol–water partition coefficient (Wildman–Crippen LogP) is 5.18. The Balaban J connectivity index is 1.64. The number of aromatic amines is 1. The summed E-state index contributed by atoms with van der Waals surface area (Å²) >= 11 is 6.07. The van der Waals surface area contributed by atoms with Gasteiger partial charge in [0.2, 0.25) is 0 Å². The smallest absolute Gasteiger partial charge is 0.273 e. The third-order valence-corrected chi connectivity index (χ3v) is 5.73. The van der Waals surface area contributed by atoms with Crippen molar-refractivity contribution in [1.29, 1.82) is 0 Å². The van der Waals surface area contributed by atoms with E-state index in [0.717, 1.165) is 27.9 Å². The molecule has 5 nitrogen and oxygen atoms in total. The summed E-state index contributed by atoms with van der Waals surface area (Å²) in [6.07, 6.45) is 3.49. The molecule has 1 atom stereocenters. The van der Waals surface area contributed by atoms with Crippen LogP contribution in [0.3, 0.4) is 0 Å². The molecule has 0 saturated heterocycles. The normalized spacial score (nSPS) is 15.5. The van der Waals surface area contributed by atoms with Crippen molar-refractivity contribution in [3.05, 3.63) is 106 Å². The molecule has 0 radical (unpaired) electrons. The highest BCUT2D eigenvalue weighted by molar-refractivity contribution is 6.30. The van der Waals surface area contributed by atoms with Crippen molar-refractivity contribution in [2.24, 2.45) is 0 Å². The molecule has 0 fully saturated rings. The van der Waals surface area contributed by atoms with Crippen molar-refractivity contribution in [2.75, 3.05) is 0 Å². The molecule has 2 aromatic heterocycles. The maximum atomic E-state index is 13.4. The van der Waals surface area contributed by atoms with Gasteiger partial charge in [0, 0.05) is 35.1 Å². The molecule has 6 heteroatoms. The predicted molar refractivity (Wildman–Crippen MR) is 116 cm³/mol. The number of aromatic nitrogens is 3. The molecular formula is C24H19ClN4O. The topological polar surface area (TPSA) is 61.9 Å². The van der Waals surface area contributed by atoms with Gasteiger partial charge in [0.1, 0.15) is 5.69 Å². The zero-order chi connectivity index (χ0) is 20.7. The van der Waals surface area contributed by atoms with Crippen LogP contribution in [0.1, 0.15) is 38.8 Å². The second-order valence-corrected chi connectivity index (χ2v) is 7.91. The fourth-order valence-corrected chi connectivity index (χ4v) is 4.09. The molecule has 1 N–H and O–H groups in total. The summed E-state index contributed by atoms with van der Waals surface area (Å²) in [6.45, 7) is 2.54. The molecular weight excluding hydrogens is 396 g/mol. The lowest BCUT2D eigenvalue weighted by atomic mass is 9.95. The molecule has 0 saturated carbocycles. The highest BCUT2D eigenvalue weighted by atomic mass is 35.5. The molecule has 5 rings (SSSR count). The largest absolute Gasteiger partial charge is 0.322 e. The summed E-state index contributed by atoms with van der Waals surface area (Å²) in [5.74, 6) is -0.0555. The van der Waals surface area contributed by atoms with Crippen molar-refractivity contribution in [3.8, 4) is 11.3 Å². The number of rotatable bonds is 4. The molecule has 148 valence electrons. The first-order valence-electron chi connectivity index (χ1n) is 9.72. The van der Waals surface area contributed by atoms with Gasteiger partial charge in [-0.15, -0.1) is 0 Å². The zero-order valence-corrected chi connectivity index (χ0v) is 17.1. The Labute approximate surface area is 179 Å². The minimum Gasteiger partial charge on any atom is -0.322 e. The van der Waals surface area contributed by atoms with E-state index in [4.69, 9.17) is 11.6 Å². The first-order valence-corrected chi connectivity index (χ1v) is 10.1. The lowest BCUT2D eigenvalue weighted by molar-refractivity contribution is 0.0730. The second-order valence-electron chi connectivity index (χ2n) is 7.47. The van der Waals surface area contributed by atoms with Crippen molar-refractivity contribution in [3.63, 3.8) is 0 Å². The Morgan fingerprint density at radius 1 is 1.00 bits per heavy atom. The number of carbonyl (C=O) groups excluding carboxylic acids is 1. The van der Waals surface area contributed by atoms with Gasteiger partial charge in [-0.2, -0.15) is 5.10 Å². The van der Waals surface area contributed by atoms with E-state index < -0.39 is 0 Å². The number of fused-ring (bicyclic) bond motifs is 1. The molecule has 1 amide bonds. The fraction of sp³-hybridized carbons (Fsp3) is 0.125. The molecule has 4 aromatic rings. The maximum absolute atomic E-state index is 13.4. The van der Waals surface area contributed by atoms with Crippen LogP contribution in [0.4, 0.5) is 0 Å². The van der Waals surface area contributed by atoms with Gasteiger partial charge in [-0.1, -0.05) is 53.6 Å². The van der Waals surface area contributed by atoms with E-state index in [-0.39, 0.29) is 11.9 Å². The van der Waals surface area contributed by atoms with E-state index in [1.165, 1.54) is 5.56 Å². The Kier molecular flexibility index (Phi) is 4.60. The van der Waals surface area contributed by atoms with Gasteiger partial charge < -0.3 is 4.90 Å². The Hall–Kier alpha value is -3.44. The minimum absolute atomic E-state index is 0.0555. The van der Waals surface area contributed by atoms with Crippen molar-refractivity contribution in [2.45, 2.75) is 19.5 Å². The number of aryl methyl sites for hydroxylation is 1. The number of halogens is 1. The number of nitrogens with one attached hydrogen (secondary N) is 1. The Morgan fingerprint density at radius 3 is 2.40 bits per heavy atom. The van der Waals surface area contributed by atoms with Gasteiger partial charge >= 0.3 is 0 Å². The molecule has 0 bridgehead atoms. The summed E-state index contributed by atoms with van der Waals surface area (Å²) in [6, 6.07) is 19.5. The van der Waals surface area contributed by atoms with Crippen LogP contribution in [0.2, 0.25) is 5.02 Å². The van der Waals surface area contributed by atoms with E-state index in [9.17, 15) is 4.79 Å². The molecule has 2 aromatic carbocycles. The lowest BCUT2D eigenvalue weighted by Crippen LogP contribution is -2.29. The van der Waals surface area contributed by atoms with Gasteiger partial charge in [-0.25, -0.2) is 0 Å². The first kappa shape index (κ1) is 18.6. The summed E-state index contributed by atoms with van der Waals surface area (Å²) < 4.78 is 0. The van der Waals surface area contributed by atoms with Crippen LogP contribution in [0.5, 0.6) is 0 Å². The molecule has 1 aliphatic rings. The third-order valence-electron chi connectivity index (χ3n) is 5.48. The molecule has 0 aliphatic carbocycles. The number of hydrogen-bond donors (Lipinski definition) is 1. The standard InChI is InChI=1S/C24H19ClN4O/c1-15-2-4-18(5-3-15)23-20-21(17-6-8-19(25)9-7-17)27-28-22(20)24(30)29(23)14-16-10-12-26-13-11-16/h2-13,23H,14H2,1H3,(H,27,28). The number of carbonyl (C=O) groups is 1. The van der Waals surface area contributed by atoms with E-state index >= 15 is 0 Å². The van der Waals surface area contributed by atoms with Crippen molar-refractivity contribution in [1.82, 2.24) is 20.1 Å². The summed E-state index contributed by atoms with van der Waals surface area (Å²) in [5, 5.41) is 8.15. The fourth-order valence-electron chi connectivity index (χ4n) is 3.97. The van der Waals surface area contributed by atoms with Crippen LogP contribution in [0.15, 0.2) is 73.1 Å². The quantitative estimate of drug-likeness (QED) is 0.500. The summed E-state index contributed by atoms with van der Waals surface area (Å²) in [4.78, 5) is 19.3. The first-order chi connectivity index (χ1) is 14.6. The average Bonchev–Trinajstić information content (AvgIpc) is 3.30. The molecule has 1 unspecified atom stereocenters. The number of amides is 1. The highest BCUT2D eigenvalue weighted by Gasteiger charge is 2.42. The van der Waals surface area contributed by atoms with E-state index in [0.29, 0.717) is 17.3 Å². The Bertz CT molecular complexity index is 1200. The Morgan fingerprint density at radius 2 is 1.70 bits per heavy atom. The minimum atomic E-state index is -0.231. The zero-order valence-electron chi connectivity index (χ0n) is 16.3. The lowest BCUT2D eigenvalue weighted by Gasteiger charge is -2.26. The highest BCUT2D eigenvalue weighted by Crippen LogP contribution is 2.43. The van der Waals surface area contributed by atoms with Crippen LogP contribution >= 0.6 is 11.6 Å². The van der Waals surface area contributed by atoms with E-state index in [1.807, 2.05) is 41.3 Å². The number of nitrogens with zero attached hydrogens (tertiary/aromatic N) is 3. The number of benzene rings is 2. The van der Waals surface area contributed by atoms with Crippen molar-refractivity contribution >= 4 is 17.5 Å². The average molecular weight is 415 g/mol. The van der Waals surface area contributed by atoms with Gasteiger partial charge in [-0.05, 0) is 42.3 Å². The molecule has 30 heavy (non-hydrogen) atoms. The van der Waals surface area contributed by atoms with Crippen LogP contribution < -0.4 is 0 Å². The molecule has 3 heterocycles. The third kappa shape index (κ3) is 3.17. The van der Waals surface area contributed by atoms with Gasteiger partial charge in [0.25, 0.3) is 5.91 Å².